The zero-order chi connectivity index (χ0) is 17.4. The van der Waals surface area contributed by atoms with Crippen LogP contribution in [0.4, 0.5) is 11.4 Å². The lowest BCUT2D eigenvalue weighted by molar-refractivity contribution is -0.661. The molecule has 0 amide bonds. The Labute approximate surface area is 145 Å². The van der Waals surface area contributed by atoms with Crippen LogP contribution in [0.1, 0.15) is 24.8 Å². The van der Waals surface area contributed by atoms with E-state index in [-0.39, 0.29) is 5.69 Å². The lowest BCUT2D eigenvalue weighted by Gasteiger charge is -2.24. The smallest absolute Gasteiger partial charge is 0.271 e. The summed E-state index contributed by atoms with van der Waals surface area (Å²) in [4.78, 5) is 12.9. The fraction of sp³-hybridized carbons (Fsp3) is 0.316. The first-order valence-electron chi connectivity index (χ1n) is 8.53. The van der Waals surface area contributed by atoms with E-state index in [1.54, 1.807) is 12.1 Å². The molecule has 0 saturated heterocycles. The minimum absolute atomic E-state index is 0.00245. The number of aliphatic hydroxyl groups is 1. The van der Waals surface area contributed by atoms with Crippen LogP contribution in [0.5, 0.6) is 0 Å². The monoisotopic (exact) mass is 338 g/mol. The summed E-state index contributed by atoms with van der Waals surface area (Å²) >= 11 is 0. The first-order chi connectivity index (χ1) is 12.1. The summed E-state index contributed by atoms with van der Waals surface area (Å²) in [5.41, 5.74) is 0.352. The summed E-state index contributed by atoms with van der Waals surface area (Å²) < 4.78 is 2.02. The van der Waals surface area contributed by atoms with Gasteiger partial charge >= 0.3 is 0 Å². The number of amidine groups is 1. The van der Waals surface area contributed by atoms with Gasteiger partial charge in [0.15, 0.2) is 6.54 Å². The van der Waals surface area contributed by atoms with Gasteiger partial charge in [-0.15, -0.1) is 0 Å². The third kappa shape index (κ3) is 2.59. The van der Waals surface area contributed by atoms with Crippen LogP contribution in [0.3, 0.4) is 0 Å². The number of nitro groups is 1. The molecule has 2 aliphatic rings. The second-order valence-corrected chi connectivity index (χ2v) is 6.57. The van der Waals surface area contributed by atoms with Gasteiger partial charge in [-0.2, -0.15) is 0 Å². The van der Waals surface area contributed by atoms with Crippen molar-refractivity contribution in [3.05, 3.63) is 70.3 Å². The molecule has 0 fully saturated rings. The van der Waals surface area contributed by atoms with E-state index in [2.05, 4.69) is 4.90 Å². The Kier molecular flexibility index (Phi) is 3.77. The van der Waals surface area contributed by atoms with Crippen LogP contribution < -0.4 is 4.90 Å². The number of nitrogens with zero attached hydrogens (tertiary/aromatic N) is 3. The minimum Gasteiger partial charge on any atom is -0.346 e. The van der Waals surface area contributed by atoms with E-state index in [0.717, 1.165) is 37.3 Å². The molecule has 2 aromatic carbocycles. The average molecular weight is 338 g/mol. The summed E-state index contributed by atoms with van der Waals surface area (Å²) in [7, 11) is 0. The average Bonchev–Trinajstić information content (AvgIpc) is 2.97. The van der Waals surface area contributed by atoms with E-state index in [1.807, 2.05) is 34.9 Å². The molecule has 128 valence electrons. The highest BCUT2D eigenvalue weighted by atomic mass is 16.6. The molecule has 6 nitrogen and oxygen atoms in total. The number of rotatable bonds is 3. The van der Waals surface area contributed by atoms with Crippen LogP contribution in [0.25, 0.3) is 0 Å². The van der Waals surface area contributed by atoms with Crippen LogP contribution in [-0.2, 0) is 5.72 Å². The number of hydrogen-bond acceptors (Lipinski definition) is 4. The molecule has 0 saturated carbocycles. The summed E-state index contributed by atoms with van der Waals surface area (Å²) in [6, 6.07) is 16.3. The van der Waals surface area contributed by atoms with Crippen molar-refractivity contribution in [3.8, 4) is 0 Å². The molecule has 0 radical (unpaired) electrons. The van der Waals surface area contributed by atoms with E-state index in [4.69, 9.17) is 0 Å². The lowest BCUT2D eigenvalue weighted by Crippen LogP contribution is -2.41. The van der Waals surface area contributed by atoms with E-state index in [9.17, 15) is 15.2 Å². The summed E-state index contributed by atoms with van der Waals surface area (Å²) in [5.74, 6) is 1.09. The summed E-state index contributed by atoms with van der Waals surface area (Å²) in [6.45, 7) is 1.12. The lowest BCUT2D eigenvalue weighted by atomic mass is 10.0. The third-order valence-electron chi connectivity index (χ3n) is 5.07. The fourth-order valence-electron chi connectivity index (χ4n) is 3.86. The van der Waals surface area contributed by atoms with Crippen LogP contribution in [0, 0.1) is 10.1 Å². The molecule has 2 aliphatic heterocycles. The van der Waals surface area contributed by atoms with Crippen LogP contribution >= 0.6 is 0 Å². The van der Waals surface area contributed by atoms with Crippen molar-refractivity contribution in [2.24, 2.45) is 0 Å². The first kappa shape index (κ1) is 15.8. The second kappa shape index (κ2) is 5.97. The maximum absolute atomic E-state index is 11.5. The number of hydrogen-bond donors (Lipinski definition) is 1. The highest BCUT2D eigenvalue weighted by molar-refractivity contribution is 5.96. The van der Waals surface area contributed by atoms with Crippen LogP contribution in [0.2, 0.25) is 0 Å². The fourth-order valence-corrected chi connectivity index (χ4v) is 3.86. The Balaban J connectivity index is 1.81. The highest BCUT2D eigenvalue weighted by Gasteiger charge is 2.52. The van der Waals surface area contributed by atoms with Crippen molar-refractivity contribution in [2.45, 2.75) is 25.0 Å². The summed E-state index contributed by atoms with van der Waals surface area (Å²) in [6.07, 6.45) is 2.98. The molecule has 0 spiro atoms. The maximum Gasteiger partial charge on any atom is 0.271 e. The highest BCUT2D eigenvalue weighted by Crippen LogP contribution is 2.36. The van der Waals surface area contributed by atoms with E-state index in [0.29, 0.717) is 12.1 Å². The van der Waals surface area contributed by atoms with E-state index in [1.165, 1.54) is 12.1 Å². The Morgan fingerprint density at radius 1 is 1.12 bits per heavy atom. The zero-order valence-corrected chi connectivity index (χ0v) is 13.8. The molecule has 25 heavy (non-hydrogen) atoms. The number of anilines is 1. The first-order valence-corrected chi connectivity index (χ1v) is 8.53. The Bertz CT molecular complexity index is 850. The molecule has 0 bridgehead atoms. The molecule has 1 N–H and O–H groups in total. The number of β-amino-alcohol motifs (C(OH)–C–C–N with tert-alkyl or cyclic N) is 1. The number of para-hydroxylation sites is 1. The summed E-state index contributed by atoms with van der Waals surface area (Å²) in [5, 5.41) is 22.7. The Morgan fingerprint density at radius 3 is 2.68 bits per heavy atom. The number of nitro benzene ring substituents is 1. The molecule has 6 heteroatoms. The Hall–Kier alpha value is -2.73. The van der Waals surface area contributed by atoms with Gasteiger partial charge in [-0.1, -0.05) is 30.3 Å². The van der Waals surface area contributed by atoms with E-state index < -0.39 is 10.6 Å². The molecular weight excluding hydrogens is 318 g/mol. The minimum atomic E-state index is -1.25. The predicted molar refractivity (Wildman–Crippen MR) is 94.8 cm³/mol. The van der Waals surface area contributed by atoms with Gasteiger partial charge in [0.25, 0.3) is 17.2 Å². The molecule has 0 aromatic heterocycles. The van der Waals surface area contributed by atoms with Gasteiger partial charge < -0.3 is 5.11 Å². The van der Waals surface area contributed by atoms with Gasteiger partial charge in [0.05, 0.1) is 11.5 Å². The van der Waals surface area contributed by atoms with Crippen molar-refractivity contribution < 1.29 is 14.6 Å². The van der Waals surface area contributed by atoms with Crippen LogP contribution in [-0.4, -0.2) is 33.5 Å². The normalized spacial score (nSPS) is 22.8. The SMILES string of the molecule is O=[N+]([O-])c1cccc(C2(O)CN(c3ccccc3)C3=[N+]2CCCC3)c1. The molecule has 2 heterocycles. The van der Waals surface area contributed by atoms with Crippen molar-refractivity contribution in [2.75, 3.05) is 18.0 Å². The van der Waals surface area contributed by atoms with Gasteiger partial charge in [-0.3, -0.25) is 10.1 Å². The van der Waals surface area contributed by atoms with Crippen molar-refractivity contribution >= 4 is 17.2 Å². The van der Waals surface area contributed by atoms with Crippen molar-refractivity contribution in [1.82, 2.24) is 0 Å². The molecular formula is C19H20N3O3+. The standard InChI is InChI=1S/C19H20N3O3/c23-19(15-7-6-10-17(13-15)22(24)25)14-20(16-8-2-1-3-9-16)18-11-4-5-12-21(18)19/h1-3,6-10,13,23H,4-5,11-12,14H2/q+1. The number of non-ortho nitro benzene ring substituents is 1. The topological polar surface area (TPSA) is 69.6 Å². The second-order valence-electron chi connectivity index (χ2n) is 6.57. The molecule has 4 rings (SSSR count). The number of benzene rings is 2. The van der Waals surface area contributed by atoms with Gasteiger partial charge in [0, 0.05) is 24.1 Å². The van der Waals surface area contributed by atoms with Gasteiger partial charge in [0.2, 0.25) is 0 Å². The van der Waals surface area contributed by atoms with E-state index >= 15 is 0 Å². The largest absolute Gasteiger partial charge is 0.346 e. The van der Waals surface area contributed by atoms with Crippen molar-refractivity contribution in [1.29, 1.82) is 0 Å². The zero-order valence-electron chi connectivity index (χ0n) is 13.8. The molecule has 1 atom stereocenters. The van der Waals surface area contributed by atoms with Crippen LogP contribution in [0.15, 0.2) is 54.6 Å². The van der Waals surface area contributed by atoms with Gasteiger partial charge in [-0.25, -0.2) is 9.48 Å². The predicted octanol–water partition coefficient (Wildman–Crippen LogP) is 2.86. The maximum atomic E-state index is 11.5. The third-order valence-corrected chi connectivity index (χ3v) is 5.07. The molecule has 0 aliphatic carbocycles. The quantitative estimate of drug-likeness (QED) is 0.531. The Morgan fingerprint density at radius 2 is 1.92 bits per heavy atom. The molecule has 2 aromatic rings. The van der Waals surface area contributed by atoms with Gasteiger partial charge in [-0.05, 0) is 25.0 Å². The van der Waals surface area contributed by atoms with Gasteiger partial charge in [0.1, 0.15) is 5.69 Å². The molecule has 1 unspecified atom stereocenters. The van der Waals surface area contributed by atoms with Crippen molar-refractivity contribution in [3.63, 3.8) is 0 Å².